The summed E-state index contributed by atoms with van der Waals surface area (Å²) in [6.45, 7) is 0.133. The van der Waals surface area contributed by atoms with E-state index in [1.54, 1.807) is 0 Å². The quantitative estimate of drug-likeness (QED) is 0.825. The molecule has 0 aliphatic rings. The molecule has 1 atom stereocenters. The van der Waals surface area contributed by atoms with Crippen molar-refractivity contribution in [2.75, 3.05) is 0 Å². The molecule has 112 valence electrons. The number of halogens is 4. The van der Waals surface area contributed by atoms with E-state index in [9.17, 15) is 30.8 Å². The van der Waals surface area contributed by atoms with Crippen molar-refractivity contribution in [2.45, 2.75) is 23.5 Å². The van der Waals surface area contributed by atoms with Gasteiger partial charge in [-0.25, -0.2) is 17.6 Å². The second-order valence-corrected chi connectivity index (χ2v) is 5.61. The molecule has 20 heavy (non-hydrogen) atoms. The van der Waals surface area contributed by atoms with Crippen molar-refractivity contribution in [1.82, 2.24) is 4.72 Å². The number of sulfonamides is 1. The monoisotopic (exact) mass is 315 g/mol. The minimum atomic E-state index is -5.41. The molecule has 0 fully saturated rings. The third-order valence-corrected chi connectivity index (χ3v) is 4.05. The molecule has 2 N–H and O–H groups in total. The number of hydrogen-bond donors (Lipinski definition) is 2. The maximum atomic E-state index is 13.3. The number of hydrogen-bond acceptors (Lipinski definition) is 3. The number of carboxylic acids is 1. The van der Waals surface area contributed by atoms with Crippen molar-refractivity contribution < 1.29 is 35.9 Å². The lowest BCUT2D eigenvalue weighted by Crippen LogP contribution is -2.61. The van der Waals surface area contributed by atoms with Crippen LogP contribution in [0.2, 0.25) is 0 Å². The smallest absolute Gasteiger partial charge is 0.418 e. The zero-order valence-corrected chi connectivity index (χ0v) is 10.7. The average molecular weight is 315 g/mol. The zero-order valence-electron chi connectivity index (χ0n) is 9.90. The Kier molecular flexibility index (Phi) is 4.11. The number of nitrogens with one attached hydrogen (secondary N) is 1. The van der Waals surface area contributed by atoms with Crippen LogP contribution < -0.4 is 4.72 Å². The average Bonchev–Trinajstić information content (AvgIpc) is 2.26. The SMILES string of the molecule is CC(NS(=O)(=O)c1ccccc1F)(C(=O)O)C(F)(F)F. The molecule has 1 rings (SSSR count). The lowest BCUT2D eigenvalue weighted by Gasteiger charge is -2.28. The Morgan fingerprint density at radius 3 is 2.15 bits per heavy atom. The van der Waals surface area contributed by atoms with E-state index in [1.807, 2.05) is 0 Å². The summed E-state index contributed by atoms with van der Waals surface area (Å²) in [5, 5.41) is 8.61. The summed E-state index contributed by atoms with van der Waals surface area (Å²) >= 11 is 0. The first-order chi connectivity index (χ1) is 8.92. The Balaban J connectivity index is 3.32. The molecule has 1 aromatic rings. The Morgan fingerprint density at radius 2 is 1.75 bits per heavy atom. The zero-order chi connectivity index (χ0) is 15.8. The van der Waals surface area contributed by atoms with E-state index in [1.165, 1.54) is 0 Å². The normalized spacial score (nSPS) is 15.7. The van der Waals surface area contributed by atoms with E-state index in [4.69, 9.17) is 5.11 Å². The van der Waals surface area contributed by atoms with Crippen LogP contribution >= 0.6 is 0 Å². The molecule has 10 heteroatoms. The minimum absolute atomic E-state index is 0.133. The third kappa shape index (κ3) is 2.90. The van der Waals surface area contributed by atoms with E-state index < -0.39 is 38.4 Å². The predicted octanol–water partition coefficient (Wildman–Crippen LogP) is 1.51. The molecule has 0 aliphatic heterocycles. The molecule has 0 saturated heterocycles. The fourth-order valence-electron chi connectivity index (χ4n) is 1.21. The number of carbonyl (C=O) groups is 1. The Hall–Kier alpha value is -1.68. The van der Waals surface area contributed by atoms with Crippen LogP contribution in [0, 0.1) is 5.82 Å². The second-order valence-electron chi connectivity index (χ2n) is 3.96. The van der Waals surface area contributed by atoms with Crippen molar-refractivity contribution in [3.8, 4) is 0 Å². The topological polar surface area (TPSA) is 83.5 Å². The van der Waals surface area contributed by atoms with Crippen LogP contribution in [0.4, 0.5) is 17.6 Å². The van der Waals surface area contributed by atoms with Crippen LogP contribution in [-0.4, -0.2) is 31.2 Å². The van der Waals surface area contributed by atoms with Gasteiger partial charge in [-0.2, -0.15) is 17.9 Å². The maximum Gasteiger partial charge on any atom is 0.418 e. The fourth-order valence-corrected chi connectivity index (χ4v) is 2.64. The molecule has 0 bridgehead atoms. The van der Waals surface area contributed by atoms with Crippen LogP contribution in [0.1, 0.15) is 6.92 Å². The van der Waals surface area contributed by atoms with E-state index in [0.29, 0.717) is 0 Å². The van der Waals surface area contributed by atoms with Crippen LogP contribution in [0.15, 0.2) is 29.2 Å². The number of aliphatic carboxylic acids is 1. The lowest BCUT2D eigenvalue weighted by atomic mass is 10.0. The largest absolute Gasteiger partial charge is 0.480 e. The first-order valence-corrected chi connectivity index (χ1v) is 6.49. The van der Waals surface area contributed by atoms with Gasteiger partial charge in [-0.05, 0) is 19.1 Å². The highest BCUT2D eigenvalue weighted by atomic mass is 32.2. The summed E-state index contributed by atoms with van der Waals surface area (Å²) in [6, 6.07) is 3.66. The Morgan fingerprint density at radius 1 is 1.25 bits per heavy atom. The van der Waals surface area contributed by atoms with Crippen LogP contribution in [0.5, 0.6) is 0 Å². The van der Waals surface area contributed by atoms with Gasteiger partial charge in [-0.3, -0.25) is 0 Å². The van der Waals surface area contributed by atoms with E-state index in [2.05, 4.69) is 0 Å². The Bertz CT molecular complexity index is 628. The highest BCUT2D eigenvalue weighted by Gasteiger charge is 2.59. The molecule has 5 nitrogen and oxygen atoms in total. The molecule has 0 aromatic heterocycles. The molecule has 0 saturated carbocycles. The van der Waals surface area contributed by atoms with Crippen LogP contribution in [-0.2, 0) is 14.8 Å². The first kappa shape index (κ1) is 16.4. The standard InChI is InChI=1S/C10H9F4NO4S/c1-9(8(16)17,10(12,13)14)15-20(18,19)7-5-3-2-4-6(7)11/h2-5,15H,1H3,(H,16,17). The summed E-state index contributed by atoms with van der Waals surface area (Å²) in [5.74, 6) is -3.75. The second kappa shape index (κ2) is 5.02. The van der Waals surface area contributed by atoms with Gasteiger partial charge in [0.1, 0.15) is 10.7 Å². The van der Waals surface area contributed by atoms with Crippen molar-refractivity contribution >= 4 is 16.0 Å². The highest BCUT2D eigenvalue weighted by Crippen LogP contribution is 2.32. The minimum Gasteiger partial charge on any atom is -0.480 e. The van der Waals surface area contributed by atoms with E-state index >= 15 is 0 Å². The molecule has 0 heterocycles. The number of rotatable bonds is 4. The molecular weight excluding hydrogens is 306 g/mol. The van der Waals surface area contributed by atoms with Crippen molar-refractivity contribution in [2.24, 2.45) is 0 Å². The van der Waals surface area contributed by atoms with Crippen molar-refractivity contribution in [3.63, 3.8) is 0 Å². The maximum absolute atomic E-state index is 13.3. The number of benzene rings is 1. The first-order valence-electron chi connectivity index (χ1n) is 5.00. The van der Waals surface area contributed by atoms with Gasteiger partial charge in [0.05, 0.1) is 0 Å². The molecule has 0 radical (unpaired) electrons. The van der Waals surface area contributed by atoms with Crippen molar-refractivity contribution in [1.29, 1.82) is 0 Å². The Labute approximate surface area is 111 Å². The lowest BCUT2D eigenvalue weighted by molar-refractivity contribution is -0.201. The van der Waals surface area contributed by atoms with Gasteiger partial charge in [-0.1, -0.05) is 12.1 Å². The predicted molar refractivity (Wildman–Crippen MR) is 58.8 cm³/mol. The van der Waals surface area contributed by atoms with Gasteiger partial charge >= 0.3 is 12.1 Å². The highest BCUT2D eigenvalue weighted by molar-refractivity contribution is 7.89. The summed E-state index contributed by atoms with van der Waals surface area (Å²) in [4.78, 5) is 9.65. The molecule has 1 aromatic carbocycles. The molecule has 0 spiro atoms. The summed E-state index contributed by atoms with van der Waals surface area (Å²) in [5.41, 5.74) is -3.77. The molecule has 1 unspecified atom stereocenters. The number of alkyl halides is 3. The van der Waals surface area contributed by atoms with Gasteiger partial charge in [0.25, 0.3) is 0 Å². The van der Waals surface area contributed by atoms with Crippen LogP contribution in [0.3, 0.4) is 0 Å². The van der Waals surface area contributed by atoms with Gasteiger partial charge in [0.15, 0.2) is 0 Å². The van der Waals surface area contributed by atoms with Gasteiger partial charge in [-0.15, -0.1) is 0 Å². The van der Waals surface area contributed by atoms with Crippen LogP contribution in [0.25, 0.3) is 0 Å². The van der Waals surface area contributed by atoms with Gasteiger partial charge in [0, 0.05) is 0 Å². The van der Waals surface area contributed by atoms with Gasteiger partial charge in [0.2, 0.25) is 15.6 Å². The molecular formula is C10H9F4NO4S. The number of carboxylic acid groups (broad SMARTS) is 1. The van der Waals surface area contributed by atoms with E-state index in [-0.39, 0.29) is 6.92 Å². The van der Waals surface area contributed by atoms with Crippen molar-refractivity contribution in [3.05, 3.63) is 30.1 Å². The third-order valence-electron chi connectivity index (χ3n) is 2.46. The fraction of sp³-hybridized carbons (Fsp3) is 0.300. The van der Waals surface area contributed by atoms with E-state index in [0.717, 1.165) is 29.0 Å². The molecule has 0 amide bonds. The summed E-state index contributed by atoms with van der Waals surface area (Å²) in [7, 11) is -5.00. The summed E-state index contributed by atoms with van der Waals surface area (Å²) in [6.07, 6.45) is -5.41. The molecule has 0 aliphatic carbocycles. The van der Waals surface area contributed by atoms with Gasteiger partial charge < -0.3 is 5.11 Å². The summed E-state index contributed by atoms with van der Waals surface area (Å²) < 4.78 is 75.8.